The number of halogens is 4. The van der Waals surface area contributed by atoms with Crippen molar-refractivity contribution in [3.8, 4) is 58.1 Å². The van der Waals surface area contributed by atoms with Crippen molar-refractivity contribution in [1.29, 1.82) is 0 Å². The van der Waals surface area contributed by atoms with Gasteiger partial charge in [-0.3, -0.25) is 0 Å². The summed E-state index contributed by atoms with van der Waals surface area (Å²) >= 11 is 0. The predicted molar refractivity (Wildman–Crippen MR) is 224 cm³/mol. The molecule has 6 aromatic rings. The third kappa shape index (κ3) is 10.1. The maximum atomic E-state index is 15.1. The van der Waals surface area contributed by atoms with Gasteiger partial charge in [0.2, 0.25) is 0 Å². The molecule has 0 amide bonds. The molecule has 0 N–H and O–H groups in total. The van der Waals surface area contributed by atoms with E-state index in [0.29, 0.717) is 45.4 Å². The van der Waals surface area contributed by atoms with Gasteiger partial charge in [0.1, 0.15) is 23.3 Å². The topological polar surface area (TPSA) is 0 Å². The highest BCUT2D eigenvalue weighted by Crippen LogP contribution is 2.31. The highest BCUT2D eigenvalue weighted by atomic mass is 19.1. The summed E-state index contributed by atoms with van der Waals surface area (Å²) in [4.78, 5) is 0. The van der Waals surface area contributed by atoms with E-state index >= 15 is 13.2 Å². The number of aryl methyl sites for hydroxylation is 2. The molecule has 0 radical (unpaired) electrons. The second-order valence-corrected chi connectivity index (χ2v) is 14.3. The molecule has 0 spiro atoms. The average Bonchev–Trinajstić information content (AvgIpc) is 3.20. The number of hydrogen-bond acceptors (Lipinski definition) is 0. The predicted octanol–water partition coefficient (Wildman–Crippen LogP) is 14.0. The molecule has 0 aromatic heterocycles. The number of hydrogen-bond donors (Lipinski definition) is 0. The van der Waals surface area contributed by atoms with Crippen molar-refractivity contribution < 1.29 is 17.6 Å². The maximum Gasteiger partial charge on any atom is 0.131 e. The molecule has 6 aromatic carbocycles. The molecule has 0 aliphatic rings. The van der Waals surface area contributed by atoms with Crippen LogP contribution in [0.2, 0.25) is 0 Å². The van der Waals surface area contributed by atoms with Gasteiger partial charge in [0.25, 0.3) is 0 Å². The fourth-order valence-electron chi connectivity index (χ4n) is 7.14. The van der Waals surface area contributed by atoms with Crippen molar-refractivity contribution in [3.63, 3.8) is 0 Å². The number of rotatable bonds is 16. The molecular weight excluding hydrogens is 701 g/mol. The Morgan fingerprint density at radius 1 is 0.429 bits per heavy atom. The summed E-state index contributed by atoms with van der Waals surface area (Å²) in [7, 11) is 0. The molecule has 4 heteroatoms. The van der Waals surface area contributed by atoms with Gasteiger partial charge in [-0.2, -0.15) is 0 Å². The molecule has 0 fully saturated rings. The fraction of sp³-hybridized carbons (Fsp3) is 0.192. The zero-order valence-corrected chi connectivity index (χ0v) is 31.5. The van der Waals surface area contributed by atoms with E-state index in [1.165, 1.54) is 12.1 Å². The molecule has 0 saturated heterocycles. The second kappa shape index (κ2) is 19.0. The van der Waals surface area contributed by atoms with E-state index in [1.54, 1.807) is 91.0 Å². The van der Waals surface area contributed by atoms with Crippen LogP contribution in [0.4, 0.5) is 17.6 Å². The lowest BCUT2D eigenvalue weighted by Gasteiger charge is -2.11. The Morgan fingerprint density at radius 3 is 1.30 bits per heavy atom. The Bertz CT molecular complexity index is 2390. The summed E-state index contributed by atoms with van der Waals surface area (Å²) in [5.74, 6) is 3.70. The SMILES string of the molecule is C#Cc1ccc(-c2ccc(CC(=C)c3ccc(CCCCCCCCCc4ccc(-c5ccc(-c6ccc(C#C)cc6)c(F)c5)c(F)c4)cc3F)cc2F)cc1. The number of terminal acetylenes is 2. The highest BCUT2D eigenvalue weighted by Gasteiger charge is 2.13. The number of allylic oxidation sites excluding steroid dienone is 1. The molecule has 0 atom stereocenters. The Morgan fingerprint density at radius 2 is 0.821 bits per heavy atom. The Hall–Kier alpha value is -6.10. The first-order valence-electron chi connectivity index (χ1n) is 19.2. The molecule has 0 unspecified atom stereocenters. The van der Waals surface area contributed by atoms with Gasteiger partial charge in [-0.25, -0.2) is 17.6 Å². The van der Waals surface area contributed by atoms with Crippen LogP contribution in [-0.2, 0) is 19.3 Å². The van der Waals surface area contributed by atoms with Gasteiger partial charge in [-0.15, -0.1) is 12.8 Å². The van der Waals surface area contributed by atoms with E-state index < -0.39 is 5.82 Å². The van der Waals surface area contributed by atoms with Gasteiger partial charge in [0.15, 0.2) is 0 Å². The van der Waals surface area contributed by atoms with E-state index in [1.807, 2.05) is 18.2 Å². The highest BCUT2D eigenvalue weighted by molar-refractivity contribution is 5.72. The lowest BCUT2D eigenvalue weighted by atomic mass is 9.95. The summed E-state index contributed by atoms with van der Waals surface area (Å²) in [6.07, 6.45) is 20.2. The third-order valence-corrected chi connectivity index (χ3v) is 10.3. The summed E-state index contributed by atoms with van der Waals surface area (Å²) < 4.78 is 60.2. The van der Waals surface area contributed by atoms with Gasteiger partial charge >= 0.3 is 0 Å². The minimum Gasteiger partial charge on any atom is -0.206 e. The fourth-order valence-corrected chi connectivity index (χ4v) is 7.14. The summed E-state index contributed by atoms with van der Waals surface area (Å²) in [5.41, 5.74) is 8.40. The van der Waals surface area contributed by atoms with Crippen LogP contribution < -0.4 is 0 Å². The molecule has 280 valence electrons. The van der Waals surface area contributed by atoms with Crippen LogP contribution in [0.25, 0.3) is 39.0 Å². The van der Waals surface area contributed by atoms with Crippen LogP contribution in [0, 0.1) is 48.0 Å². The molecule has 6 rings (SSSR count). The molecular formula is C52H44F4. The van der Waals surface area contributed by atoms with E-state index in [9.17, 15) is 4.39 Å². The molecule has 0 aliphatic carbocycles. The minimum atomic E-state index is -0.412. The molecule has 0 heterocycles. The van der Waals surface area contributed by atoms with Crippen LogP contribution in [-0.4, -0.2) is 0 Å². The lowest BCUT2D eigenvalue weighted by molar-refractivity contribution is 0.576. The standard InChI is InChI=1S/C52H44F4/c1-4-37-15-22-42(23-16-37)46-29-21-41(34-51(46)55)31-36(3)45-27-19-39(32-49(45)53)13-11-9-7-6-8-10-12-14-40-20-28-48(50(54)33-40)44-26-30-47(52(56)35-44)43-24-17-38(5-2)18-25-43/h1-2,15-30,32-35H,3,6-14,31H2. The van der Waals surface area contributed by atoms with Crippen LogP contribution in [0.5, 0.6) is 0 Å². The van der Waals surface area contributed by atoms with E-state index in [-0.39, 0.29) is 17.5 Å². The van der Waals surface area contributed by atoms with Crippen LogP contribution in [0.15, 0.2) is 128 Å². The van der Waals surface area contributed by atoms with Crippen molar-refractivity contribution in [1.82, 2.24) is 0 Å². The molecule has 0 nitrogen and oxygen atoms in total. The summed E-state index contributed by atoms with van der Waals surface area (Å²) in [6, 6.07) is 34.7. The van der Waals surface area contributed by atoms with E-state index in [0.717, 1.165) is 91.2 Å². The largest absolute Gasteiger partial charge is 0.206 e. The van der Waals surface area contributed by atoms with Gasteiger partial charge in [-0.1, -0.05) is 123 Å². The normalized spacial score (nSPS) is 10.9. The van der Waals surface area contributed by atoms with Crippen LogP contribution in [0.1, 0.15) is 78.3 Å². The van der Waals surface area contributed by atoms with Gasteiger partial charge in [0, 0.05) is 33.4 Å². The quantitative estimate of drug-likeness (QED) is 0.0526. The van der Waals surface area contributed by atoms with Crippen molar-refractivity contribution in [2.45, 2.75) is 64.2 Å². The van der Waals surface area contributed by atoms with Gasteiger partial charge < -0.3 is 0 Å². The van der Waals surface area contributed by atoms with E-state index in [4.69, 9.17) is 12.8 Å². The second-order valence-electron chi connectivity index (χ2n) is 14.3. The molecule has 0 saturated carbocycles. The lowest BCUT2D eigenvalue weighted by Crippen LogP contribution is -1.97. The van der Waals surface area contributed by atoms with Crippen LogP contribution in [0.3, 0.4) is 0 Å². The molecule has 0 bridgehead atoms. The van der Waals surface area contributed by atoms with Crippen molar-refractivity contribution in [2.24, 2.45) is 0 Å². The number of unbranched alkanes of at least 4 members (excludes halogenated alkanes) is 6. The van der Waals surface area contributed by atoms with Crippen molar-refractivity contribution in [2.75, 3.05) is 0 Å². The van der Waals surface area contributed by atoms with Crippen molar-refractivity contribution in [3.05, 3.63) is 185 Å². The van der Waals surface area contributed by atoms with Crippen molar-refractivity contribution >= 4 is 5.57 Å². The smallest absolute Gasteiger partial charge is 0.131 e. The average molecular weight is 745 g/mol. The minimum absolute atomic E-state index is 0.306. The zero-order chi connectivity index (χ0) is 39.4. The van der Waals surface area contributed by atoms with Gasteiger partial charge in [0.05, 0.1) is 0 Å². The Labute approximate surface area is 329 Å². The first-order valence-corrected chi connectivity index (χ1v) is 19.2. The van der Waals surface area contributed by atoms with E-state index in [2.05, 4.69) is 18.4 Å². The first kappa shape index (κ1) is 39.6. The van der Waals surface area contributed by atoms with Crippen LogP contribution >= 0.6 is 0 Å². The first-order chi connectivity index (χ1) is 27.2. The Balaban J connectivity index is 0.880. The van der Waals surface area contributed by atoms with Gasteiger partial charge in [-0.05, 0) is 120 Å². The molecule has 0 aliphatic heterocycles. The molecule has 56 heavy (non-hydrogen) atoms. The number of benzene rings is 6. The summed E-state index contributed by atoms with van der Waals surface area (Å²) in [6.45, 7) is 4.10. The third-order valence-electron chi connectivity index (χ3n) is 10.3. The zero-order valence-electron chi connectivity index (χ0n) is 31.5. The maximum absolute atomic E-state index is 15.1. The summed E-state index contributed by atoms with van der Waals surface area (Å²) in [5, 5.41) is 0. The Kier molecular flexibility index (Phi) is 13.4. The monoisotopic (exact) mass is 744 g/mol.